The van der Waals surface area contributed by atoms with Gasteiger partial charge in [-0.15, -0.1) is 0 Å². The van der Waals surface area contributed by atoms with Crippen molar-refractivity contribution < 1.29 is 14.3 Å². The number of amides is 2. The monoisotopic (exact) mass is 317 g/mol. The largest absolute Gasteiger partial charge is 0.497 e. The molecule has 2 rings (SSSR count). The van der Waals surface area contributed by atoms with Crippen molar-refractivity contribution in [3.63, 3.8) is 0 Å². The van der Waals surface area contributed by atoms with Crippen molar-refractivity contribution in [2.75, 3.05) is 7.11 Å². The van der Waals surface area contributed by atoms with Gasteiger partial charge in [-0.05, 0) is 42.3 Å². The van der Waals surface area contributed by atoms with Crippen LogP contribution < -0.4 is 10.1 Å². The third-order valence-electron chi connectivity index (χ3n) is 3.59. The fourth-order valence-electron chi connectivity index (χ4n) is 2.12. The van der Waals surface area contributed by atoms with Crippen LogP contribution in [0.15, 0.2) is 36.4 Å². The number of carbonyl (C=O) groups is 2. The molecule has 0 spiro atoms. The molecule has 116 valence electrons. The quantitative estimate of drug-likeness (QED) is 0.853. The molecule has 0 aliphatic rings. The zero-order chi connectivity index (χ0) is 16.3. The molecule has 0 radical (unpaired) electrons. The first kappa shape index (κ1) is 16.4. The maximum Gasteiger partial charge on any atom is 0.239 e. The molecular weight excluding hydrogens is 298 g/mol. The Balaban J connectivity index is 2.23. The molecule has 0 aliphatic carbocycles. The summed E-state index contributed by atoms with van der Waals surface area (Å²) in [4.78, 5) is 23.7. The Morgan fingerprint density at radius 2 is 1.68 bits per heavy atom. The fraction of sp³-hybridized carbons (Fsp3) is 0.294. The van der Waals surface area contributed by atoms with Gasteiger partial charge in [0.05, 0.1) is 18.3 Å². The van der Waals surface area contributed by atoms with Crippen molar-refractivity contribution in [1.82, 2.24) is 5.32 Å². The Hall–Kier alpha value is -2.01. The number of nitrogens with one attached hydrogen (secondary N) is 1. The highest BCUT2D eigenvalue weighted by Gasteiger charge is 2.19. The SMILES string of the molecule is COc1ccc2cc([C@H](C)C(=O)NC(=O)C(C)S)ccc2c1. The van der Waals surface area contributed by atoms with Gasteiger partial charge >= 0.3 is 0 Å². The van der Waals surface area contributed by atoms with Crippen LogP contribution in [0.25, 0.3) is 10.8 Å². The number of hydrogen-bond acceptors (Lipinski definition) is 4. The first-order chi connectivity index (χ1) is 10.4. The summed E-state index contributed by atoms with van der Waals surface area (Å²) in [5, 5.41) is 3.91. The van der Waals surface area contributed by atoms with Gasteiger partial charge in [0.1, 0.15) is 5.75 Å². The second-order valence-electron chi connectivity index (χ2n) is 5.22. The number of thiol groups is 1. The Labute approximate surface area is 135 Å². The predicted molar refractivity (Wildman–Crippen MR) is 90.5 cm³/mol. The minimum atomic E-state index is -0.514. The van der Waals surface area contributed by atoms with E-state index in [1.54, 1.807) is 21.0 Å². The first-order valence-electron chi connectivity index (χ1n) is 7.03. The summed E-state index contributed by atoms with van der Waals surface area (Å²) in [6.45, 7) is 3.40. The highest BCUT2D eigenvalue weighted by molar-refractivity contribution is 7.81. The van der Waals surface area contributed by atoms with Gasteiger partial charge in [-0.3, -0.25) is 14.9 Å². The number of ether oxygens (including phenoxy) is 1. The van der Waals surface area contributed by atoms with Crippen molar-refractivity contribution >= 4 is 35.2 Å². The van der Waals surface area contributed by atoms with Crippen LogP contribution >= 0.6 is 12.6 Å². The van der Waals surface area contributed by atoms with Crippen molar-refractivity contribution in [3.05, 3.63) is 42.0 Å². The summed E-state index contributed by atoms with van der Waals surface area (Å²) < 4.78 is 5.20. The van der Waals surface area contributed by atoms with Crippen molar-refractivity contribution in [1.29, 1.82) is 0 Å². The molecular formula is C17H19NO3S. The van der Waals surface area contributed by atoms with Gasteiger partial charge in [0.25, 0.3) is 0 Å². The maximum absolute atomic E-state index is 12.1. The van der Waals surface area contributed by atoms with Crippen molar-refractivity contribution in [2.24, 2.45) is 0 Å². The van der Waals surface area contributed by atoms with Crippen LogP contribution in [0.3, 0.4) is 0 Å². The van der Waals surface area contributed by atoms with E-state index in [0.717, 1.165) is 22.1 Å². The predicted octanol–water partition coefficient (Wildman–Crippen LogP) is 2.91. The average Bonchev–Trinajstić information content (AvgIpc) is 2.52. The van der Waals surface area contributed by atoms with E-state index in [2.05, 4.69) is 17.9 Å². The smallest absolute Gasteiger partial charge is 0.239 e. The number of carbonyl (C=O) groups excluding carboxylic acids is 2. The van der Waals surface area contributed by atoms with Crippen LogP contribution in [-0.4, -0.2) is 24.2 Å². The van der Waals surface area contributed by atoms with Crippen LogP contribution in [-0.2, 0) is 9.59 Å². The molecule has 2 atom stereocenters. The molecule has 22 heavy (non-hydrogen) atoms. The minimum Gasteiger partial charge on any atom is -0.497 e. The highest BCUT2D eigenvalue weighted by Crippen LogP contribution is 2.25. The van der Waals surface area contributed by atoms with Gasteiger partial charge in [0, 0.05) is 0 Å². The van der Waals surface area contributed by atoms with Gasteiger partial charge in [0.2, 0.25) is 11.8 Å². The lowest BCUT2D eigenvalue weighted by Crippen LogP contribution is -2.37. The van der Waals surface area contributed by atoms with E-state index in [0.29, 0.717) is 0 Å². The summed E-state index contributed by atoms with van der Waals surface area (Å²) in [6.07, 6.45) is 0. The Bertz CT molecular complexity index is 712. The van der Waals surface area contributed by atoms with E-state index in [1.807, 2.05) is 36.4 Å². The molecule has 2 aromatic rings. The lowest BCUT2D eigenvalue weighted by atomic mass is 9.97. The lowest BCUT2D eigenvalue weighted by Gasteiger charge is -2.14. The number of rotatable bonds is 4. The molecule has 0 bridgehead atoms. The van der Waals surface area contributed by atoms with Gasteiger partial charge in [-0.1, -0.05) is 24.3 Å². The molecule has 0 saturated carbocycles. The van der Waals surface area contributed by atoms with Crippen LogP contribution in [0.2, 0.25) is 0 Å². The molecule has 2 aromatic carbocycles. The standard InChI is InChI=1S/C17H19NO3S/c1-10(16(19)18-17(20)11(2)22)12-4-5-14-9-15(21-3)7-6-13(14)8-12/h4-11,22H,1-3H3,(H,18,19,20)/t10-,11?/m0/s1. The molecule has 5 heteroatoms. The number of hydrogen-bond donors (Lipinski definition) is 2. The number of methoxy groups -OCH3 is 1. The van der Waals surface area contributed by atoms with Gasteiger partial charge in [-0.25, -0.2) is 0 Å². The minimum absolute atomic E-state index is 0.321. The molecule has 0 fully saturated rings. The van der Waals surface area contributed by atoms with E-state index in [-0.39, 0.29) is 11.8 Å². The second kappa shape index (κ2) is 6.83. The van der Waals surface area contributed by atoms with Gasteiger partial charge in [-0.2, -0.15) is 12.6 Å². The Kier molecular flexibility index (Phi) is 5.08. The van der Waals surface area contributed by atoms with Crippen LogP contribution in [0.4, 0.5) is 0 Å². The zero-order valence-corrected chi connectivity index (χ0v) is 13.7. The summed E-state index contributed by atoms with van der Waals surface area (Å²) in [5.41, 5.74) is 0.856. The summed E-state index contributed by atoms with van der Waals surface area (Å²) in [5.74, 6) is -0.327. The maximum atomic E-state index is 12.1. The Morgan fingerprint density at radius 3 is 2.32 bits per heavy atom. The van der Waals surface area contributed by atoms with E-state index >= 15 is 0 Å². The molecule has 0 heterocycles. The molecule has 0 aliphatic heterocycles. The van der Waals surface area contributed by atoms with Crippen LogP contribution in [0, 0.1) is 0 Å². The van der Waals surface area contributed by atoms with Gasteiger partial charge in [0.15, 0.2) is 0 Å². The first-order valence-corrected chi connectivity index (χ1v) is 7.54. The normalized spacial score (nSPS) is 13.5. The van der Waals surface area contributed by atoms with E-state index in [9.17, 15) is 9.59 Å². The molecule has 2 amide bonds. The topological polar surface area (TPSA) is 55.4 Å². The van der Waals surface area contributed by atoms with Crippen LogP contribution in [0.5, 0.6) is 5.75 Å². The van der Waals surface area contributed by atoms with Crippen molar-refractivity contribution in [2.45, 2.75) is 25.0 Å². The third-order valence-corrected chi connectivity index (χ3v) is 3.83. The average molecular weight is 317 g/mol. The van der Waals surface area contributed by atoms with E-state index < -0.39 is 11.2 Å². The highest BCUT2D eigenvalue weighted by atomic mass is 32.1. The number of benzene rings is 2. The number of fused-ring (bicyclic) bond motifs is 1. The molecule has 0 aromatic heterocycles. The molecule has 1 N–H and O–H groups in total. The second-order valence-corrected chi connectivity index (χ2v) is 6.00. The Morgan fingerprint density at radius 1 is 1.05 bits per heavy atom. The van der Waals surface area contributed by atoms with Crippen LogP contribution in [0.1, 0.15) is 25.3 Å². The summed E-state index contributed by atoms with van der Waals surface area (Å²) in [6, 6.07) is 11.6. The summed E-state index contributed by atoms with van der Waals surface area (Å²) in [7, 11) is 1.63. The molecule has 4 nitrogen and oxygen atoms in total. The van der Waals surface area contributed by atoms with Crippen molar-refractivity contribution in [3.8, 4) is 5.75 Å². The molecule has 0 saturated heterocycles. The lowest BCUT2D eigenvalue weighted by molar-refractivity contribution is -0.130. The summed E-state index contributed by atoms with van der Waals surface area (Å²) >= 11 is 4.01. The fourth-order valence-corrected chi connectivity index (χ4v) is 2.19. The van der Waals surface area contributed by atoms with Gasteiger partial charge < -0.3 is 4.74 Å². The van der Waals surface area contributed by atoms with E-state index in [4.69, 9.17) is 4.74 Å². The molecule has 1 unspecified atom stereocenters. The number of imide groups is 1. The zero-order valence-electron chi connectivity index (χ0n) is 12.8. The van der Waals surface area contributed by atoms with E-state index in [1.165, 1.54) is 0 Å². The third kappa shape index (κ3) is 3.60.